The number of carbonyl (C=O) groups is 1. The van der Waals surface area contributed by atoms with Crippen LogP contribution in [0.5, 0.6) is 5.75 Å². The number of fused-ring (bicyclic) bond motifs is 1. The van der Waals surface area contributed by atoms with Crippen molar-refractivity contribution < 1.29 is 14.3 Å². The number of nitrogens with zero attached hydrogens (tertiary/aromatic N) is 3. The van der Waals surface area contributed by atoms with E-state index < -0.39 is 0 Å². The van der Waals surface area contributed by atoms with Crippen molar-refractivity contribution >= 4 is 23.3 Å². The van der Waals surface area contributed by atoms with Gasteiger partial charge < -0.3 is 15.2 Å². The number of cyclic esters (lactones) is 1. The summed E-state index contributed by atoms with van der Waals surface area (Å²) >= 11 is 0. The average Bonchev–Trinajstić information content (AvgIpc) is 3.38. The molecule has 168 valence electrons. The molecule has 2 aromatic carbocycles. The van der Waals surface area contributed by atoms with Gasteiger partial charge in [-0.05, 0) is 68.5 Å². The summed E-state index contributed by atoms with van der Waals surface area (Å²) in [7, 11) is 1.75. The third-order valence-electron chi connectivity index (χ3n) is 5.92. The second-order valence-corrected chi connectivity index (χ2v) is 8.40. The Morgan fingerprint density at radius 1 is 1.28 bits per heavy atom. The molecule has 1 saturated heterocycles. The number of amidine groups is 1. The second kappa shape index (κ2) is 9.02. The van der Waals surface area contributed by atoms with E-state index in [1.54, 1.807) is 7.05 Å². The minimum absolute atomic E-state index is 0.0523. The normalized spacial score (nSPS) is 18.8. The summed E-state index contributed by atoms with van der Waals surface area (Å²) in [6, 6.07) is 11.9. The van der Waals surface area contributed by atoms with Gasteiger partial charge in [-0.1, -0.05) is 18.2 Å². The van der Waals surface area contributed by atoms with Crippen LogP contribution >= 0.6 is 0 Å². The number of hydrogen-bond donors (Lipinski definition) is 1. The predicted molar refractivity (Wildman–Crippen MR) is 127 cm³/mol. The molecule has 2 aromatic rings. The summed E-state index contributed by atoms with van der Waals surface area (Å²) in [6.07, 6.45) is 1.59. The number of anilines is 1. The first kappa shape index (κ1) is 21.9. The van der Waals surface area contributed by atoms with E-state index in [0.717, 1.165) is 35.2 Å². The van der Waals surface area contributed by atoms with Crippen LogP contribution in [-0.2, 0) is 11.2 Å². The summed E-state index contributed by atoms with van der Waals surface area (Å²) < 4.78 is 10.9. The van der Waals surface area contributed by atoms with Crippen LogP contribution in [0, 0.1) is 0 Å². The van der Waals surface area contributed by atoms with E-state index in [1.165, 1.54) is 5.56 Å². The van der Waals surface area contributed by atoms with Gasteiger partial charge in [-0.25, -0.2) is 9.79 Å². The van der Waals surface area contributed by atoms with Crippen LogP contribution in [0.3, 0.4) is 0 Å². The molecule has 1 aliphatic heterocycles. The topological polar surface area (TPSA) is 89.5 Å². The molecular weight excluding hydrogens is 404 g/mol. The van der Waals surface area contributed by atoms with Gasteiger partial charge in [0, 0.05) is 18.3 Å². The Morgan fingerprint density at radius 2 is 2.09 bits per heavy atom. The average molecular weight is 435 g/mol. The maximum Gasteiger partial charge on any atom is 0.410 e. The monoisotopic (exact) mass is 434 g/mol. The molecule has 1 amide bonds. The molecule has 0 spiro atoms. The predicted octanol–water partition coefficient (Wildman–Crippen LogP) is 4.38. The molecule has 1 heterocycles. The van der Waals surface area contributed by atoms with Crippen LogP contribution < -0.4 is 10.5 Å². The highest BCUT2D eigenvalue weighted by Gasteiger charge is 2.36. The summed E-state index contributed by atoms with van der Waals surface area (Å²) in [6.45, 7) is 6.99. The number of nitrogens with two attached hydrogens (primary N) is 1. The Labute approximate surface area is 189 Å². The van der Waals surface area contributed by atoms with Crippen molar-refractivity contribution in [3.63, 3.8) is 0 Å². The maximum atomic E-state index is 12.1. The summed E-state index contributed by atoms with van der Waals surface area (Å²) in [5, 5.41) is 0. The standard InChI is InChI=1S/C25H30N4O3/c1-15(2)32-23-11-8-17(14-21(23)26)16(3)28-24(27-4)20-7-5-6-19-18(20)9-10-22(19)29-12-13-31-25(29)30/h5-8,11,14-15,22H,9-10,12-13,26H2,1-4H3/t22-/m0/s1. The lowest BCUT2D eigenvalue weighted by molar-refractivity contribution is 0.147. The lowest BCUT2D eigenvalue weighted by Gasteiger charge is -2.22. The van der Waals surface area contributed by atoms with Crippen LogP contribution in [0.4, 0.5) is 10.5 Å². The van der Waals surface area contributed by atoms with Gasteiger partial charge in [-0.15, -0.1) is 0 Å². The molecule has 2 aliphatic rings. The van der Waals surface area contributed by atoms with Gasteiger partial charge in [0.05, 0.1) is 24.4 Å². The Bertz CT molecular complexity index is 1090. The molecule has 7 nitrogen and oxygen atoms in total. The van der Waals surface area contributed by atoms with E-state index in [4.69, 9.17) is 20.2 Å². The van der Waals surface area contributed by atoms with Gasteiger partial charge in [0.25, 0.3) is 0 Å². The highest BCUT2D eigenvalue weighted by atomic mass is 16.6. The van der Waals surface area contributed by atoms with E-state index in [2.05, 4.69) is 17.1 Å². The molecule has 2 N–H and O–H groups in total. The first-order valence-corrected chi connectivity index (χ1v) is 11.0. The van der Waals surface area contributed by atoms with Crippen molar-refractivity contribution in [1.82, 2.24) is 4.90 Å². The van der Waals surface area contributed by atoms with Crippen LogP contribution in [0.1, 0.15) is 55.5 Å². The fourth-order valence-electron chi connectivity index (χ4n) is 4.44. The number of aliphatic imine (C=N–C) groups is 2. The molecule has 0 unspecified atom stereocenters. The van der Waals surface area contributed by atoms with Crippen LogP contribution in [0.15, 0.2) is 46.4 Å². The van der Waals surface area contributed by atoms with Gasteiger partial charge in [0.15, 0.2) is 5.84 Å². The Kier molecular flexibility index (Phi) is 6.17. The molecular formula is C25H30N4O3. The van der Waals surface area contributed by atoms with E-state index >= 15 is 0 Å². The second-order valence-electron chi connectivity index (χ2n) is 8.40. The maximum absolute atomic E-state index is 12.1. The van der Waals surface area contributed by atoms with Crippen molar-refractivity contribution in [3.8, 4) is 5.75 Å². The van der Waals surface area contributed by atoms with Gasteiger partial charge in [0.2, 0.25) is 0 Å². The van der Waals surface area contributed by atoms with E-state index in [0.29, 0.717) is 30.4 Å². The summed E-state index contributed by atoms with van der Waals surface area (Å²) in [5.74, 6) is 1.35. The van der Waals surface area contributed by atoms with E-state index in [9.17, 15) is 4.79 Å². The minimum atomic E-state index is -0.228. The number of hydrogen-bond acceptors (Lipinski definition) is 5. The molecule has 0 bridgehead atoms. The number of nitrogen functional groups attached to an aromatic ring is 1. The van der Waals surface area contributed by atoms with Gasteiger partial charge in [0.1, 0.15) is 12.4 Å². The van der Waals surface area contributed by atoms with Crippen molar-refractivity contribution in [2.24, 2.45) is 9.98 Å². The third-order valence-corrected chi connectivity index (χ3v) is 5.92. The number of rotatable bonds is 5. The zero-order valence-corrected chi connectivity index (χ0v) is 19.1. The Hall–Kier alpha value is -3.35. The molecule has 1 aliphatic carbocycles. The van der Waals surface area contributed by atoms with Crippen molar-refractivity contribution in [2.45, 2.75) is 45.8 Å². The zero-order valence-electron chi connectivity index (χ0n) is 19.1. The van der Waals surface area contributed by atoms with Gasteiger partial charge in [-0.3, -0.25) is 9.89 Å². The smallest absolute Gasteiger partial charge is 0.410 e. The highest BCUT2D eigenvalue weighted by Crippen LogP contribution is 2.39. The molecule has 0 radical (unpaired) electrons. The highest BCUT2D eigenvalue weighted by molar-refractivity contribution is 6.12. The zero-order chi connectivity index (χ0) is 22.8. The van der Waals surface area contributed by atoms with Crippen molar-refractivity contribution in [2.75, 3.05) is 25.9 Å². The first-order valence-electron chi connectivity index (χ1n) is 11.0. The molecule has 0 saturated carbocycles. The summed E-state index contributed by atoms with van der Waals surface area (Å²) in [4.78, 5) is 23.3. The minimum Gasteiger partial charge on any atom is -0.489 e. The van der Waals surface area contributed by atoms with E-state index in [1.807, 2.05) is 49.9 Å². The molecule has 1 atom stereocenters. The molecule has 0 aromatic heterocycles. The SMILES string of the molecule is CN=C(N=C(C)c1ccc(OC(C)C)c(N)c1)c1cccc2c1CC[C@@H]2N1CCOC1=O. The Balaban J connectivity index is 1.63. The first-order chi connectivity index (χ1) is 15.4. The van der Waals surface area contributed by atoms with Gasteiger partial charge >= 0.3 is 6.09 Å². The van der Waals surface area contributed by atoms with Crippen LogP contribution in [-0.4, -0.2) is 48.8 Å². The quantitative estimate of drug-likeness (QED) is 0.430. The molecule has 7 heteroatoms. The van der Waals surface area contributed by atoms with Crippen LogP contribution in [0.25, 0.3) is 0 Å². The Morgan fingerprint density at radius 3 is 2.75 bits per heavy atom. The number of carbonyl (C=O) groups excluding carboxylic acids is 1. The lowest BCUT2D eigenvalue weighted by Crippen LogP contribution is -2.28. The number of benzene rings is 2. The largest absolute Gasteiger partial charge is 0.489 e. The molecule has 1 fully saturated rings. The number of ether oxygens (including phenoxy) is 2. The van der Waals surface area contributed by atoms with E-state index in [-0.39, 0.29) is 18.2 Å². The summed E-state index contributed by atoms with van der Waals surface area (Å²) in [5.41, 5.74) is 11.9. The lowest BCUT2D eigenvalue weighted by atomic mass is 10.0. The number of amides is 1. The van der Waals surface area contributed by atoms with Crippen LogP contribution in [0.2, 0.25) is 0 Å². The van der Waals surface area contributed by atoms with Gasteiger partial charge in [-0.2, -0.15) is 0 Å². The molecule has 32 heavy (non-hydrogen) atoms. The van der Waals surface area contributed by atoms with Crippen molar-refractivity contribution in [1.29, 1.82) is 0 Å². The fraction of sp³-hybridized carbons (Fsp3) is 0.400. The third kappa shape index (κ3) is 4.20. The van der Waals surface area contributed by atoms with Crippen molar-refractivity contribution in [3.05, 3.63) is 58.7 Å². The molecule has 4 rings (SSSR count). The fourth-order valence-corrected chi connectivity index (χ4v) is 4.44.